The lowest BCUT2D eigenvalue weighted by Gasteiger charge is -2.37. The highest BCUT2D eigenvalue weighted by molar-refractivity contribution is 5.79. The molecule has 2 rings (SSSR count). The van der Waals surface area contributed by atoms with Crippen molar-refractivity contribution in [2.24, 2.45) is 10.9 Å². The van der Waals surface area contributed by atoms with Gasteiger partial charge in [-0.2, -0.15) is 0 Å². The van der Waals surface area contributed by atoms with Gasteiger partial charge in [0, 0.05) is 39.3 Å². The average Bonchev–Trinajstić information content (AvgIpc) is 2.67. The van der Waals surface area contributed by atoms with Crippen LogP contribution in [0.25, 0.3) is 0 Å². The molecule has 146 valence electrons. The highest BCUT2D eigenvalue weighted by Gasteiger charge is 2.23. The summed E-state index contributed by atoms with van der Waals surface area (Å²) in [6.07, 6.45) is 0. The van der Waals surface area contributed by atoms with E-state index in [2.05, 4.69) is 46.5 Å². The maximum atomic E-state index is 5.71. The van der Waals surface area contributed by atoms with Crippen LogP contribution in [0.2, 0.25) is 0 Å². The van der Waals surface area contributed by atoms with Crippen molar-refractivity contribution in [2.75, 3.05) is 53.0 Å². The van der Waals surface area contributed by atoms with Gasteiger partial charge in [0.1, 0.15) is 0 Å². The average molecular weight is 363 g/mol. The standard InChI is InChI=1S/C20H34N4O2/c1-17(2)19(24-10-13-25-14-11-24)15-23-20(21-3)22-9-12-26-16-18-7-5-4-6-8-18/h4-8,17,19H,9-16H2,1-3H3,(H2,21,22,23). The van der Waals surface area contributed by atoms with E-state index in [1.807, 2.05) is 18.2 Å². The second kappa shape index (κ2) is 11.9. The summed E-state index contributed by atoms with van der Waals surface area (Å²) in [7, 11) is 1.80. The first-order valence-corrected chi connectivity index (χ1v) is 9.58. The summed E-state index contributed by atoms with van der Waals surface area (Å²) in [6.45, 7) is 11.1. The van der Waals surface area contributed by atoms with Crippen LogP contribution in [-0.4, -0.2) is 69.9 Å². The fraction of sp³-hybridized carbons (Fsp3) is 0.650. The van der Waals surface area contributed by atoms with E-state index in [0.717, 1.165) is 45.4 Å². The van der Waals surface area contributed by atoms with Gasteiger partial charge >= 0.3 is 0 Å². The molecule has 1 aromatic rings. The minimum absolute atomic E-state index is 0.479. The minimum Gasteiger partial charge on any atom is -0.379 e. The van der Waals surface area contributed by atoms with Crippen LogP contribution in [-0.2, 0) is 16.1 Å². The zero-order valence-corrected chi connectivity index (χ0v) is 16.4. The molecular weight excluding hydrogens is 328 g/mol. The van der Waals surface area contributed by atoms with Crippen LogP contribution >= 0.6 is 0 Å². The van der Waals surface area contributed by atoms with Crippen molar-refractivity contribution in [3.8, 4) is 0 Å². The van der Waals surface area contributed by atoms with E-state index in [0.29, 0.717) is 25.2 Å². The minimum atomic E-state index is 0.479. The molecule has 6 heteroatoms. The first kappa shape index (κ1) is 20.7. The zero-order valence-electron chi connectivity index (χ0n) is 16.4. The molecule has 0 amide bonds. The Labute approximate surface area is 158 Å². The van der Waals surface area contributed by atoms with Gasteiger partial charge in [0.2, 0.25) is 0 Å². The second-order valence-corrected chi connectivity index (χ2v) is 6.88. The van der Waals surface area contributed by atoms with Gasteiger partial charge in [0.05, 0.1) is 26.4 Å². The Balaban J connectivity index is 1.65. The Morgan fingerprint density at radius 1 is 1.19 bits per heavy atom. The SMILES string of the molecule is CN=C(NCCOCc1ccccc1)NCC(C(C)C)N1CCOCC1. The summed E-state index contributed by atoms with van der Waals surface area (Å²) in [5.74, 6) is 1.40. The van der Waals surface area contributed by atoms with E-state index >= 15 is 0 Å². The van der Waals surface area contributed by atoms with E-state index in [-0.39, 0.29) is 0 Å². The smallest absolute Gasteiger partial charge is 0.191 e. The third kappa shape index (κ3) is 7.32. The lowest BCUT2D eigenvalue weighted by molar-refractivity contribution is 0.00751. The van der Waals surface area contributed by atoms with Gasteiger partial charge in [-0.15, -0.1) is 0 Å². The quantitative estimate of drug-likeness (QED) is 0.398. The van der Waals surface area contributed by atoms with E-state index in [9.17, 15) is 0 Å². The Morgan fingerprint density at radius 3 is 2.58 bits per heavy atom. The number of guanidine groups is 1. The molecule has 1 aliphatic rings. The normalized spacial score (nSPS) is 17.3. The monoisotopic (exact) mass is 362 g/mol. The van der Waals surface area contributed by atoms with Gasteiger partial charge < -0.3 is 20.1 Å². The molecule has 1 aliphatic heterocycles. The molecule has 0 bridgehead atoms. The van der Waals surface area contributed by atoms with Crippen molar-refractivity contribution in [1.82, 2.24) is 15.5 Å². The zero-order chi connectivity index (χ0) is 18.6. The highest BCUT2D eigenvalue weighted by atomic mass is 16.5. The van der Waals surface area contributed by atoms with Crippen molar-refractivity contribution in [1.29, 1.82) is 0 Å². The lowest BCUT2D eigenvalue weighted by Crippen LogP contribution is -2.52. The maximum Gasteiger partial charge on any atom is 0.191 e. The van der Waals surface area contributed by atoms with Crippen molar-refractivity contribution < 1.29 is 9.47 Å². The number of benzene rings is 1. The van der Waals surface area contributed by atoms with Crippen LogP contribution in [0.5, 0.6) is 0 Å². The second-order valence-electron chi connectivity index (χ2n) is 6.88. The molecule has 1 saturated heterocycles. The number of rotatable bonds is 9. The molecular formula is C20H34N4O2. The van der Waals surface area contributed by atoms with Crippen molar-refractivity contribution in [3.05, 3.63) is 35.9 Å². The van der Waals surface area contributed by atoms with Crippen LogP contribution < -0.4 is 10.6 Å². The van der Waals surface area contributed by atoms with Gasteiger partial charge in [-0.3, -0.25) is 9.89 Å². The van der Waals surface area contributed by atoms with Gasteiger partial charge in [-0.1, -0.05) is 44.2 Å². The number of aliphatic imine (C=N–C) groups is 1. The number of ether oxygens (including phenoxy) is 2. The number of hydrogen-bond acceptors (Lipinski definition) is 4. The Morgan fingerprint density at radius 2 is 1.92 bits per heavy atom. The molecule has 0 aromatic heterocycles. The molecule has 1 atom stereocenters. The van der Waals surface area contributed by atoms with Crippen molar-refractivity contribution in [2.45, 2.75) is 26.5 Å². The molecule has 0 radical (unpaired) electrons. The van der Waals surface area contributed by atoms with Gasteiger partial charge in [0.25, 0.3) is 0 Å². The van der Waals surface area contributed by atoms with Gasteiger partial charge in [-0.25, -0.2) is 0 Å². The summed E-state index contributed by atoms with van der Waals surface area (Å²) in [4.78, 5) is 6.83. The topological polar surface area (TPSA) is 58.1 Å². The third-order valence-electron chi connectivity index (χ3n) is 4.64. The van der Waals surface area contributed by atoms with E-state index in [4.69, 9.17) is 9.47 Å². The first-order valence-electron chi connectivity index (χ1n) is 9.58. The Bertz CT molecular complexity index is 516. The fourth-order valence-electron chi connectivity index (χ4n) is 3.12. The van der Waals surface area contributed by atoms with Crippen molar-refractivity contribution >= 4 is 5.96 Å². The molecule has 1 heterocycles. The molecule has 0 aliphatic carbocycles. The van der Waals surface area contributed by atoms with E-state index in [1.54, 1.807) is 7.05 Å². The van der Waals surface area contributed by atoms with Crippen LogP contribution in [0.4, 0.5) is 0 Å². The predicted octanol–water partition coefficient (Wildman–Crippen LogP) is 1.73. The first-order chi connectivity index (χ1) is 12.7. The van der Waals surface area contributed by atoms with Crippen LogP contribution in [0, 0.1) is 5.92 Å². The summed E-state index contributed by atoms with van der Waals surface area (Å²) >= 11 is 0. The summed E-state index contributed by atoms with van der Waals surface area (Å²) in [5, 5.41) is 6.78. The van der Waals surface area contributed by atoms with Crippen LogP contribution in [0.15, 0.2) is 35.3 Å². The van der Waals surface area contributed by atoms with E-state index in [1.165, 1.54) is 5.56 Å². The number of nitrogens with one attached hydrogen (secondary N) is 2. The molecule has 6 nitrogen and oxygen atoms in total. The Hall–Kier alpha value is -1.63. The van der Waals surface area contributed by atoms with Gasteiger partial charge in [0.15, 0.2) is 5.96 Å². The Kier molecular flexibility index (Phi) is 9.45. The molecule has 0 spiro atoms. The molecule has 0 saturated carbocycles. The number of morpholine rings is 1. The lowest BCUT2D eigenvalue weighted by atomic mass is 10.0. The van der Waals surface area contributed by atoms with E-state index < -0.39 is 0 Å². The fourth-order valence-corrected chi connectivity index (χ4v) is 3.12. The number of nitrogens with zero attached hydrogens (tertiary/aromatic N) is 2. The maximum absolute atomic E-state index is 5.71. The van der Waals surface area contributed by atoms with Crippen LogP contribution in [0.1, 0.15) is 19.4 Å². The molecule has 26 heavy (non-hydrogen) atoms. The summed E-state index contributed by atoms with van der Waals surface area (Å²) < 4.78 is 11.2. The van der Waals surface area contributed by atoms with Crippen LogP contribution in [0.3, 0.4) is 0 Å². The van der Waals surface area contributed by atoms with Gasteiger partial charge in [-0.05, 0) is 11.5 Å². The summed E-state index contributed by atoms with van der Waals surface area (Å²) in [5.41, 5.74) is 1.19. The molecule has 2 N–H and O–H groups in total. The predicted molar refractivity (Wildman–Crippen MR) is 106 cm³/mol. The number of hydrogen-bond donors (Lipinski definition) is 2. The molecule has 1 fully saturated rings. The summed E-state index contributed by atoms with van der Waals surface area (Å²) in [6, 6.07) is 10.7. The molecule has 1 unspecified atom stereocenters. The third-order valence-corrected chi connectivity index (χ3v) is 4.64. The van der Waals surface area contributed by atoms with Crippen molar-refractivity contribution in [3.63, 3.8) is 0 Å². The highest BCUT2D eigenvalue weighted by Crippen LogP contribution is 2.12. The largest absolute Gasteiger partial charge is 0.379 e. The molecule has 1 aromatic carbocycles.